The average Bonchev–Trinajstić information content (AvgIpc) is 3.34. The van der Waals surface area contributed by atoms with Gasteiger partial charge in [0.1, 0.15) is 11.4 Å². The largest absolute Gasteiger partial charge is 0.497 e. The molecule has 1 aromatic heterocycles. The van der Waals surface area contributed by atoms with Crippen LogP contribution in [0, 0.1) is 0 Å². The molecule has 7 heteroatoms. The Labute approximate surface area is 209 Å². The number of aromatic nitrogens is 1. The number of fused-ring (bicyclic) bond motifs is 1. The zero-order valence-corrected chi connectivity index (χ0v) is 20.4. The highest BCUT2D eigenvalue weighted by Crippen LogP contribution is 2.47. The fourth-order valence-corrected chi connectivity index (χ4v) is 4.91. The molecule has 0 saturated heterocycles. The van der Waals surface area contributed by atoms with Crippen molar-refractivity contribution in [1.82, 2.24) is 5.16 Å². The van der Waals surface area contributed by atoms with Crippen LogP contribution in [-0.4, -0.2) is 30.1 Å². The number of hydrogen-bond donors (Lipinski definition) is 0. The van der Waals surface area contributed by atoms with Gasteiger partial charge < -0.3 is 14.2 Å². The van der Waals surface area contributed by atoms with E-state index in [1.54, 1.807) is 48.1 Å². The van der Waals surface area contributed by atoms with Gasteiger partial charge in [-0.3, -0.25) is 14.5 Å². The fourth-order valence-electron chi connectivity index (χ4n) is 4.91. The first-order valence-corrected chi connectivity index (χ1v) is 11.9. The molecular weight excluding hydrogens is 454 g/mol. The smallest absolute Gasteiger partial charge is 0.261 e. The fraction of sp³-hybridized carbons (Fsp3) is 0.207. The number of hydrogen-bond acceptors (Lipinski definition) is 5. The minimum atomic E-state index is -0.370. The third kappa shape index (κ3) is 4.13. The Morgan fingerprint density at radius 2 is 1.69 bits per heavy atom. The SMILES string of the molecule is COc1cccc(C(=O)N2c3onc(-c4ccccc4)c3C(N(C(C)=O)c3ccccc3)CC2C)c1. The highest BCUT2D eigenvalue weighted by Gasteiger charge is 2.43. The predicted molar refractivity (Wildman–Crippen MR) is 138 cm³/mol. The van der Waals surface area contributed by atoms with Gasteiger partial charge in [0.2, 0.25) is 11.8 Å². The molecule has 2 amide bonds. The van der Waals surface area contributed by atoms with Crippen LogP contribution in [0.4, 0.5) is 11.6 Å². The van der Waals surface area contributed by atoms with Crippen LogP contribution in [0.5, 0.6) is 5.75 Å². The molecule has 0 fully saturated rings. The molecule has 5 rings (SSSR count). The molecule has 7 nitrogen and oxygen atoms in total. The third-order valence-corrected chi connectivity index (χ3v) is 6.53. The molecule has 0 bridgehead atoms. The van der Waals surface area contributed by atoms with Crippen molar-refractivity contribution in [3.8, 4) is 17.0 Å². The van der Waals surface area contributed by atoms with Gasteiger partial charge in [-0.2, -0.15) is 0 Å². The van der Waals surface area contributed by atoms with Gasteiger partial charge in [0.25, 0.3) is 5.91 Å². The summed E-state index contributed by atoms with van der Waals surface area (Å²) in [7, 11) is 1.57. The monoisotopic (exact) mass is 481 g/mol. The number of benzene rings is 3. The van der Waals surface area contributed by atoms with Gasteiger partial charge in [-0.05, 0) is 43.7 Å². The lowest BCUT2D eigenvalue weighted by molar-refractivity contribution is -0.117. The van der Waals surface area contributed by atoms with Gasteiger partial charge in [-0.15, -0.1) is 0 Å². The van der Waals surface area contributed by atoms with Crippen molar-refractivity contribution < 1.29 is 18.8 Å². The van der Waals surface area contributed by atoms with Crippen LogP contribution in [-0.2, 0) is 4.79 Å². The number of carbonyl (C=O) groups excluding carboxylic acids is 2. The highest BCUT2D eigenvalue weighted by atomic mass is 16.5. The van der Waals surface area contributed by atoms with Gasteiger partial charge in [0, 0.05) is 29.8 Å². The number of ether oxygens (including phenoxy) is 1. The molecule has 4 aromatic rings. The van der Waals surface area contributed by atoms with Gasteiger partial charge >= 0.3 is 0 Å². The molecule has 1 aliphatic rings. The Bertz CT molecular complexity index is 1380. The Kier molecular flexibility index (Phi) is 6.29. The summed E-state index contributed by atoms with van der Waals surface area (Å²) in [5.74, 6) is 0.633. The molecule has 2 heterocycles. The van der Waals surface area contributed by atoms with E-state index in [0.29, 0.717) is 29.3 Å². The molecule has 0 radical (unpaired) electrons. The van der Waals surface area contributed by atoms with Crippen LogP contribution in [0.3, 0.4) is 0 Å². The van der Waals surface area contributed by atoms with Crippen molar-refractivity contribution in [3.63, 3.8) is 0 Å². The second kappa shape index (κ2) is 9.70. The van der Waals surface area contributed by atoms with E-state index in [2.05, 4.69) is 5.16 Å². The summed E-state index contributed by atoms with van der Waals surface area (Å²) < 4.78 is 11.2. The van der Waals surface area contributed by atoms with E-state index in [-0.39, 0.29) is 23.9 Å². The molecular formula is C29H27N3O4. The molecule has 182 valence electrons. The lowest BCUT2D eigenvalue weighted by Crippen LogP contribution is -2.47. The first-order valence-electron chi connectivity index (χ1n) is 11.9. The van der Waals surface area contributed by atoms with E-state index >= 15 is 0 Å². The van der Waals surface area contributed by atoms with Crippen molar-refractivity contribution in [1.29, 1.82) is 0 Å². The Balaban J connectivity index is 1.67. The zero-order valence-electron chi connectivity index (χ0n) is 20.4. The van der Waals surface area contributed by atoms with E-state index in [4.69, 9.17) is 9.26 Å². The van der Waals surface area contributed by atoms with Crippen LogP contribution in [0.2, 0.25) is 0 Å². The van der Waals surface area contributed by atoms with Crippen LogP contribution >= 0.6 is 0 Å². The molecule has 3 aromatic carbocycles. The Morgan fingerprint density at radius 3 is 2.36 bits per heavy atom. The number of amides is 2. The quantitative estimate of drug-likeness (QED) is 0.356. The van der Waals surface area contributed by atoms with Crippen LogP contribution in [0.1, 0.15) is 42.2 Å². The minimum absolute atomic E-state index is 0.0999. The number of anilines is 2. The number of rotatable bonds is 5. The van der Waals surface area contributed by atoms with Crippen molar-refractivity contribution in [3.05, 3.63) is 96.1 Å². The van der Waals surface area contributed by atoms with E-state index in [9.17, 15) is 9.59 Å². The van der Waals surface area contributed by atoms with Crippen LogP contribution < -0.4 is 14.5 Å². The van der Waals surface area contributed by atoms with Gasteiger partial charge in [-0.25, -0.2) is 0 Å². The van der Waals surface area contributed by atoms with Crippen LogP contribution in [0.15, 0.2) is 89.5 Å². The topological polar surface area (TPSA) is 75.9 Å². The average molecular weight is 482 g/mol. The first-order chi connectivity index (χ1) is 17.5. The third-order valence-electron chi connectivity index (χ3n) is 6.53. The molecule has 0 aliphatic carbocycles. The normalized spacial score (nSPS) is 16.8. The maximum Gasteiger partial charge on any atom is 0.261 e. The minimum Gasteiger partial charge on any atom is -0.497 e. The van der Waals surface area contributed by atoms with Crippen molar-refractivity contribution in [2.24, 2.45) is 0 Å². The first kappa shape index (κ1) is 23.4. The highest BCUT2D eigenvalue weighted by molar-refractivity contribution is 6.07. The van der Waals surface area contributed by atoms with Gasteiger partial charge in [0.15, 0.2) is 0 Å². The molecule has 0 saturated carbocycles. The predicted octanol–water partition coefficient (Wildman–Crippen LogP) is 5.88. The van der Waals surface area contributed by atoms with Gasteiger partial charge in [-0.1, -0.05) is 59.8 Å². The summed E-state index contributed by atoms with van der Waals surface area (Å²) in [6.07, 6.45) is 0.512. The summed E-state index contributed by atoms with van der Waals surface area (Å²) in [4.78, 5) is 30.2. The summed E-state index contributed by atoms with van der Waals surface area (Å²) in [5.41, 5.74) is 3.45. The van der Waals surface area contributed by atoms with Crippen molar-refractivity contribution in [2.75, 3.05) is 16.9 Å². The maximum absolute atomic E-state index is 13.8. The molecule has 1 aliphatic heterocycles. The summed E-state index contributed by atoms with van der Waals surface area (Å²) >= 11 is 0. The number of para-hydroxylation sites is 1. The molecule has 0 spiro atoms. The zero-order chi connectivity index (χ0) is 25.2. The molecule has 0 N–H and O–H groups in total. The van der Waals surface area contributed by atoms with E-state index in [1.165, 1.54) is 0 Å². The Morgan fingerprint density at radius 1 is 1.00 bits per heavy atom. The van der Waals surface area contributed by atoms with E-state index < -0.39 is 0 Å². The van der Waals surface area contributed by atoms with Crippen LogP contribution in [0.25, 0.3) is 11.3 Å². The standard InChI is InChI=1S/C29H27N3O4/c1-19-17-25(32(20(2)33)23-14-8-5-9-15-23)26-27(21-11-6-4-7-12-21)30-36-29(26)31(19)28(34)22-13-10-16-24(18-22)35-3/h4-16,18-19,25H,17H2,1-3H3. The van der Waals surface area contributed by atoms with Crippen molar-refractivity contribution in [2.45, 2.75) is 32.4 Å². The maximum atomic E-state index is 13.8. The summed E-state index contributed by atoms with van der Waals surface area (Å²) in [6.45, 7) is 3.52. The van der Waals surface area contributed by atoms with E-state index in [1.807, 2.05) is 67.6 Å². The summed E-state index contributed by atoms with van der Waals surface area (Å²) in [6, 6.07) is 25.6. The van der Waals surface area contributed by atoms with E-state index in [0.717, 1.165) is 16.8 Å². The molecule has 2 unspecified atom stereocenters. The second-order valence-corrected chi connectivity index (χ2v) is 8.85. The molecule has 2 atom stereocenters. The number of methoxy groups -OCH3 is 1. The Hall–Kier alpha value is -4.39. The van der Waals surface area contributed by atoms with Crippen molar-refractivity contribution >= 4 is 23.4 Å². The second-order valence-electron chi connectivity index (χ2n) is 8.85. The lowest BCUT2D eigenvalue weighted by Gasteiger charge is -2.40. The molecule has 36 heavy (non-hydrogen) atoms. The van der Waals surface area contributed by atoms with Gasteiger partial charge in [0.05, 0.1) is 18.7 Å². The number of nitrogens with zero attached hydrogens (tertiary/aromatic N) is 3. The number of carbonyl (C=O) groups is 2. The summed E-state index contributed by atoms with van der Waals surface area (Å²) in [5, 5.41) is 4.42. The lowest BCUT2D eigenvalue weighted by atomic mass is 9.89.